The summed E-state index contributed by atoms with van der Waals surface area (Å²) in [5.74, 6) is 0.641. The first kappa shape index (κ1) is 12.2. The van der Waals surface area contributed by atoms with Gasteiger partial charge in [-0.05, 0) is 25.8 Å². The van der Waals surface area contributed by atoms with Crippen molar-refractivity contribution in [2.24, 2.45) is 0 Å². The number of anilines is 1. The molecule has 2 rings (SSSR count). The van der Waals surface area contributed by atoms with Gasteiger partial charge in [0.2, 0.25) is 5.88 Å². The number of aliphatic hydroxyl groups excluding tert-OH is 1. The van der Waals surface area contributed by atoms with Gasteiger partial charge in [-0.3, -0.25) is 0 Å². The van der Waals surface area contributed by atoms with Crippen molar-refractivity contribution < 1.29 is 9.84 Å². The first-order chi connectivity index (χ1) is 8.29. The van der Waals surface area contributed by atoms with Crippen LogP contribution in [0, 0.1) is 0 Å². The quantitative estimate of drug-likeness (QED) is 0.841. The summed E-state index contributed by atoms with van der Waals surface area (Å²) in [6, 6.07) is 3.95. The first-order valence-electron chi connectivity index (χ1n) is 6.33. The van der Waals surface area contributed by atoms with Gasteiger partial charge in [-0.25, -0.2) is 4.98 Å². The predicted octanol–water partition coefficient (Wildman–Crippen LogP) is 2.20. The van der Waals surface area contributed by atoms with Crippen LogP contribution in [0.2, 0.25) is 0 Å². The van der Waals surface area contributed by atoms with Crippen LogP contribution in [0.25, 0.3) is 0 Å². The molecule has 0 radical (unpaired) electrons. The fourth-order valence-corrected chi connectivity index (χ4v) is 2.19. The zero-order valence-electron chi connectivity index (χ0n) is 10.2. The average molecular weight is 236 g/mol. The molecule has 1 saturated carbocycles. The summed E-state index contributed by atoms with van der Waals surface area (Å²) in [5, 5.41) is 13.2. The van der Waals surface area contributed by atoms with Crippen LogP contribution in [0.15, 0.2) is 18.3 Å². The molecule has 0 bridgehead atoms. The molecule has 0 amide bonds. The SMILES string of the molecule is CCOc1ccc(N[C@H]2CCCC[C@@H]2O)cn1. The van der Waals surface area contributed by atoms with Gasteiger partial charge in [0.25, 0.3) is 0 Å². The van der Waals surface area contributed by atoms with Crippen molar-refractivity contribution in [3.63, 3.8) is 0 Å². The Morgan fingerprint density at radius 1 is 1.41 bits per heavy atom. The Labute approximate surface area is 102 Å². The standard InChI is InChI=1S/C13H20N2O2/c1-2-17-13-8-7-10(9-14-13)15-11-5-3-4-6-12(11)16/h7-9,11-12,15-16H,2-6H2,1H3/t11-,12-/m0/s1. The second kappa shape index (κ2) is 5.87. The van der Waals surface area contributed by atoms with Gasteiger partial charge in [-0.1, -0.05) is 12.8 Å². The summed E-state index contributed by atoms with van der Waals surface area (Å²) >= 11 is 0. The van der Waals surface area contributed by atoms with E-state index in [1.165, 1.54) is 6.42 Å². The van der Waals surface area contributed by atoms with Gasteiger partial charge in [0.15, 0.2) is 0 Å². The summed E-state index contributed by atoms with van der Waals surface area (Å²) in [7, 11) is 0. The van der Waals surface area contributed by atoms with Crippen LogP contribution in [0.4, 0.5) is 5.69 Å². The van der Waals surface area contributed by atoms with E-state index >= 15 is 0 Å². The van der Waals surface area contributed by atoms with Gasteiger partial charge in [0.05, 0.1) is 30.6 Å². The summed E-state index contributed by atoms with van der Waals surface area (Å²) in [6.45, 7) is 2.56. The topological polar surface area (TPSA) is 54.4 Å². The normalized spacial score (nSPS) is 24.4. The van der Waals surface area contributed by atoms with Crippen molar-refractivity contribution in [2.75, 3.05) is 11.9 Å². The fourth-order valence-electron chi connectivity index (χ4n) is 2.19. The second-order valence-corrected chi connectivity index (χ2v) is 4.42. The molecule has 17 heavy (non-hydrogen) atoms. The van der Waals surface area contributed by atoms with Crippen molar-refractivity contribution in [1.82, 2.24) is 4.98 Å². The largest absolute Gasteiger partial charge is 0.478 e. The van der Waals surface area contributed by atoms with Crippen molar-refractivity contribution in [1.29, 1.82) is 0 Å². The molecule has 0 aromatic carbocycles. The molecular formula is C13H20N2O2. The zero-order valence-corrected chi connectivity index (χ0v) is 10.2. The highest BCUT2D eigenvalue weighted by molar-refractivity contribution is 5.43. The van der Waals surface area contributed by atoms with Crippen molar-refractivity contribution in [2.45, 2.75) is 44.8 Å². The lowest BCUT2D eigenvalue weighted by molar-refractivity contribution is 0.116. The Balaban J connectivity index is 1.93. The molecule has 94 valence electrons. The maximum atomic E-state index is 9.86. The number of ether oxygens (including phenoxy) is 1. The van der Waals surface area contributed by atoms with Crippen molar-refractivity contribution in [3.8, 4) is 5.88 Å². The number of pyridine rings is 1. The Morgan fingerprint density at radius 2 is 2.24 bits per heavy atom. The third kappa shape index (κ3) is 3.33. The molecule has 0 saturated heterocycles. The van der Waals surface area contributed by atoms with E-state index in [0.717, 1.165) is 24.9 Å². The van der Waals surface area contributed by atoms with Crippen LogP contribution in [0.5, 0.6) is 5.88 Å². The molecule has 2 atom stereocenters. The lowest BCUT2D eigenvalue weighted by Crippen LogP contribution is -2.36. The predicted molar refractivity (Wildman–Crippen MR) is 67.3 cm³/mol. The Bertz CT molecular complexity index is 340. The van der Waals surface area contributed by atoms with E-state index in [-0.39, 0.29) is 12.1 Å². The Morgan fingerprint density at radius 3 is 2.88 bits per heavy atom. The molecule has 1 aliphatic carbocycles. The molecule has 2 N–H and O–H groups in total. The number of hydrogen-bond acceptors (Lipinski definition) is 4. The molecule has 0 spiro atoms. The second-order valence-electron chi connectivity index (χ2n) is 4.42. The number of aromatic nitrogens is 1. The molecule has 1 aromatic rings. The molecule has 0 unspecified atom stereocenters. The van der Waals surface area contributed by atoms with Crippen LogP contribution in [0.1, 0.15) is 32.6 Å². The van der Waals surface area contributed by atoms with Crippen LogP contribution in [-0.2, 0) is 0 Å². The molecule has 0 aliphatic heterocycles. The molecule has 1 aromatic heterocycles. The minimum Gasteiger partial charge on any atom is -0.478 e. The molecule has 4 nitrogen and oxygen atoms in total. The maximum absolute atomic E-state index is 9.86. The third-order valence-electron chi connectivity index (χ3n) is 3.11. The lowest BCUT2D eigenvalue weighted by Gasteiger charge is -2.29. The zero-order chi connectivity index (χ0) is 12.1. The number of aliphatic hydroxyl groups is 1. The van der Waals surface area contributed by atoms with E-state index in [1.54, 1.807) is 6.20 Å². The van der Waals surface area contributed by atoms with Crippen molar-refractivity contribution in [3.05, 3.63) is 18.3 Å². The molecule has 4 heteroatoms. The number of nitrogens with one attached hydrogen (secondary N) is 1. The van der Waals surface area contributed by atoms with Gasteiger partial charge in [-0.15, -0.1) is 0 Å². The highest BCUT2D eigenvalue weighted by Gasteiger charge is 2.22. The highest BCUT2D eigenvalue weighted by Crippen LogP contribution is 2.22. The summed E-state index contributed by atoms with van der Waals surface area (Å²) in [4.78, 5) is 4.19. The number of nitrogens with zero attached hydrogens (tertiary/aromatic N) is 1. The highest BCUT2D eigenvalue weighted by atomic mass is 16.5. The van der Waals surface area contributed by atoms with Gasteiger partial charge in [0.1, 0.15) is 0 Å². The van der Waals surface area contributed by atoms with E-state index in [9.17, 15) is 5.11 Å². The molecular weight excluding hydrogens is 216 g/mol. The molecule has 1 aliphatic rings. The first-order valence-corrected chi connectivity index (χ1v) is 6.33. The lowest BCUT2D eigenvalue weighted by atomic mass is 9.92. The monoisotopic (exact) mass is 236 g/mol. The van der Waals surface area contributed by atoms with Crippen molar-refractivity contribution >= 4 is 5.69 Å². The molecule has 1 heterocycles. The van der Waals surface area contributed by atoms with Crippen LogP contribution in [0.3, 0.4) is 0 Å². The van der Waals surface area contributed by atoms with Crippen LogP contribution < -0.4 is 10.1 Å². The van der Waals surface area contributed by atoms with Gasteiger partial charge >= 0.3 is 0 Å². The summed E-state index contributed by atoms with van der Waals surface area (Å²) in [5.41, 5.74) is 0.944. The number of rotatable bonds is 4. The van der Waals surface area contributed by atoms with Gasteiger partial charge in [-0.2, -0.15) is 0 Å². The molecule has 1 fully saturated rings. The smallest absolute Gasteiger partial charge is 0.213 e. The van der Waals surface area contributed by atoms with Crippen LogP contribution in [-0.4, -0.2) is 28.8 Å². The third-order valence-corrected chi connectivity index (χ3v) is 3.11. The van der Waals surface area contributed by atoms with E-state index in [4.69, 9.17) is 4.74 Å². The van der Waals surface area contributed by atoms with E-state index in [1.807, 2.05) is 19.1 Å². The average Bonchev–Trinajstić information content (AvgIpc) is 2.35. The minimum atomic E-state index is -0.240. The van der Waals surface area contributed by atoms with Gasteiger partial charge < -0.3 is 15.2 Å². The van der Waals surface area contributed by atoms with E-state index < -0.39 is 0 Å². The Kier molecular flexibility index (Phi) is 4.20. The minimum absolute atomic E-state index is 0.156. The van der Waals surface area contributed by atoms with E-state index in [0.29, 0.717) is 12.5 Å². The summed E-state index contributed by atoms with van der Waals surface area (Å²) in [6.07, 6.45) is 5.73. The Hall–Kier alpha value is -1.29. The van der Waals surface area contributed by atoms with Gasteiger partial charge in [0, 0.05) is 6.07 Å². The van der Waals surface area contributed by atoms with Crippen LogP contribution >= 0.6 is 0 Å². The maximum Gasteiger partial charge on any atom is 0.213 e. The summed E-state index contributed by atoms with van der Waals surface area (Å²) < 4.78 is 5.28. The number of hydrogen-bond donors (Lipinski definition) is 2. The fraction of sp³-hybridized carbons (Fsp3) is 0.615. The van der Waals surface area contributed by atoms with E-state index in [2.05, 4.69) is 10.3 Å².